The summed E-state index contributed by atoms with van der Waals surface area (Å²) in [5.74, 6) is -0.869. The molecule has 0 aliphatic heterocycles. The van der Waals surface area contributed by atoms with E-state index in [4.69, 9.17) is 21.1 Å². The molecule has 1 heterocycles. The number of amides is 1. The van der Waals surface area contributed by atoms with Crippen LogP contribution in [-0.2, 0) is 16.0 Å². The summed E-state index contributed by atoms with van der Waals surface area (Å²) in [6, 6.07) is 5.37. The van der Waals surface area contributed by atoms with Crippen LogP contribution >= 0.6 is 22.9 Å². The van der Waals surface area contributed by atoms with Gasteiger partial charge in [-0.25, -0.2) is 4.79 Å². The van der Waals surface area contributed by atoms with Gasteiger partial charge in [0.15, 0.2) is 6.61 Å². The highest BCUT2D eigenvalue weighted by Gasteiger charge is 2.19. The Bertz CT molecular complexity index is 867. The van der Waals surface area contributed by atoms with Crippen LogP contribution in [0.5, 0.6) is 5.75 Å². The second-order valence-electron chi connectivity index (χ2n) is 5.24. The molecular formula is C17H17ClN2O6S. The summed E-state index contributed by atoms with van der Waals surface area (Å²) >= 11 is 7.20. The second-order valence-corrected chi connectivity index (χ2v) is 6.78. The van der Waals surface area contributed by atoms with Gasteiger partial charge in [0.05, 0.1) is 22.1 Å². The lowest BCUT2D eigenvalue weighted by Gasteiger charge is -2.09. The van der Waals surface area contributed by atoms with Gasteiger partial charge < -0.3 is 14.8 Å². The van der Waals surface area contributed by atoms with Crippen LogP contribution < -0.4 is 10.1 Å². The molecule has 0 fully saturated rings. The fraction of sp³-hybridized carbons (Fsp3) is 0.294. The molecule has 0 spiro atoms. The number of benzene rings is 1. The second kappa shape index (κ2) is 9.33. The number of thiophene rings is 1. The highest BCUT2D eigenvalue weighted by molar-refractivity contribution is 7.16. The zero-order chi connectivity index (χ0) is 20.0. The third-order valence-electron chi connectivity index (χ3n) is 3.36. The lowest BCUT2D eigenvalue weighted by Crippen LogP contribution is -2.21. The van der Waals surface area contributed by atoms with E-state index in [0.29, 0.717) is 17.0 Å². The van der Waals surface area contributed by atoms with E-state index in [1.165, 1.54) is 23.5 Å². The van der Waals surface area contributed by atoms with Crippen molar-refractivity contribution in [3.8, 4) is 5.75 Å². The first-order valence-corrected chi connectivity index (χ1v) is 9.21. The molecule has 1 aromatic carbocycles. The monoisotopic (exact) mass is 412 g/mol. The maximum atomic E-state index is 12.2. The number of nitrogens with one attached hydrogen (secondary N) is 1. The first-order chi connectivity index (χ1) is 12.8. The quantitative estimate of drug-likeness (QED) is 0.398. The molecule has 0 aliphatic rings. The molecule has 8 nitrogen and oxygen atoms in total. The number of esters is 1. The molecule has 0 atom stereocenters. The van der Waals surface area contributed by atoms with Crippen LogP contribution in [0, 0.1) is 10.1 Å². The van der Waals surface area contributed by atoms with E-state index >= 15 is 0 Å². The summed E-state index contributed by atoms with van der Waals surface area (Å²) in [7, 11) is 0. The first-order valence-electron chi connectivity index (χ1n) is 8.02. The Morgan fingerprint density at radius 2 is 2.04 bits per heavy atom. The number of nitrogens with zero attached hydrogens (tertiary/aromatic N) is 1. The van der Waals surface area contributed by atoms with E-state index in [9.17, 15) is 19.7 Å². The zero-order valence-electron chi connectivity index (χ0n) is 14.6. The van der Waals surface area contributed by atoms with Crippen molar-refractivity contribution in [2.24, 2.45) is 0 Å². The van der Waals surface area contributed by atoms with Gasteiger partial charge in [0.25, 0.3) is 11.6 Å². The molecule has 0 saturated heterocycles. The van der Waals surface area contributed by atoms with E-state index in [2.05, 4.69) is 5.32 Å². The number of hydrogen-bond donors (Lipinski definition) is 1. The number of rotatable bonds is 8. The van der Waals surface area contributed by atoms with Gasteiger partial charge in [-0.2, -0.15) is 0 Å². The number of anilines is 1. The van der Waals surface area contributed by atoms with Gasteiger partial charge in [-0.15, -0.1) is 11.3 Å². The molecule has 10 heteroatoms. The number of aryl methyl sites for hydroxylation is 1. The van der Waals surface area contributed by atoms with Crippen molar-refractivity contribution >= 4 is 45.5 Å². The molecular weight excluding hydrogens is 396 g/mol. The SMILES string of the molecule is CCOC(=O)c1cc(CC)sc1NC(=O)COc1ccc([N+](=O)[O-])cc1Cl. The third-order valence-corrected chi connectivity index (χ3v) is 4.86. The molecule has 1 N–H and O–H groups in total. The number of nitro groups is 1. The van der Waals surface area contributed by atoms with Crippen molar-refractivity contribution < 1.29 is 24.0 Å². The number of halogens is 1. The van der Waals surface area contributed by atoms with Crippen LogP contribution in [0.25, 0.3) is 0 Å². The van der Waals surface area contributed by atoms with Crippen molar-refractivity contribution in [1.29, 1.82) is 0 Å². The Balaban J connectivity index is 2.05. The molecule has 2 aromatic rings. The molecule has 0 aliphatic carbocycles. The standard InChI is InChI=1S/C17H17ClN2O6S/c1-3-11-8-12(17(22)25-4-2)16(27-11)19-15(21)9-26-14-6-5-10(20(23)24)7-13(14)18/h5-8H,3-4,9H2,1-2H3,(H,19,21). The molecule has 1 aromatic heterocycles. The van der Waals surface area contributed by atoms with E-state index in [0.717, 1.165) is 10.9 Å². The van der Waals surface area contributed by atoms with Crippen molar-refractivity contribution in [3.05, 3.63) is 49.8 Å². The Hall–Kier alpha value is -2.65. The average molecular weight is 413 g/mol. The van der Waals surface area contributed by atoms with E-state index in [1.807, 2.05) is 6.92 Å². The van der Waals surface area contributed by atoms with Crippen LogP contribution in [0.15, 0.2) is 24.3 Å². The van der Waals surface area contributed by atoms with Gasteiger partial charge >= 0.3 is 5.97 Å². The maximum absolute atomic E-state index is 12.2. The van der Waals surface area contributed by atoms with Crippen LogP contribution in [0.2, 0.25) is 5.02 Å². The molecule has 2 rings (SSSR count). The summed E-state index contributed by atoms with van der Waals surface area (Å²) in [5, 5.41) is 13.7. The third kappa shape index (κ3) is 5.41. The maximum Gasteiger partial charge on any atom is 0.341 e. The van der Waals surface area contributed by atoms with Crippen LogP contribution in [-0.4, -0.2) is 30.0 Å². The highest BCUT2D eigenvalue weighted by atomic mass is 35.5. The summed E-state index contributed by atoms with van der Waals surface area (Å²) in [6.07, 6.45) is 0.710. The fourth-order valence-electron chi connectivity index (χ4n) is 2.10. The first kappa shape index (κ1) is 20.7. The summed E-state index contributed by atoms with van der Waals surface area (Å²) < 4.78 is 10.3. The van der Waals surface area contributed by atoms with Gasteiger partial charge in [0, 0.05) is 17.0 Å². The molecule has 1 amide bonds. The predicted octanol–water partition coefficient (Wildman–Crippen LogP) is 4.07. The Morgan fingerprint density at radius 3 is 2.63 bits per heavy atom. The molecule has 0 saturated carbocycles. The molecule has 27 heavy (non-hydrogen) atoms. The Kier molecular flexibility index (Phi) is 7.14. The molecule has 0 bridgehead atoms. The highest BCUT2D eigenvalue weighted by Crippen LogP contribution is 2.30. The van der Waals surface area contributed by atoms with Crippen molar-refractivity contribution in [2.45, 2.75) is 20.3 Å². The fourth-order valence-corrected chi connectivity index (χ4v) is 3.33. The van der Waals surface area contributed by atoms with Gasteiger partial charge in [-0.1, -0.05) is 18.5 Å². The minimum absolute atomic E-state index is 0.0219. The minimum Gasteiger partial charge on any atom is -0.482 e. The van der Waals surface area contributed by atoms with Crippen LogP contribution in [0.4, 0.5) is 10.7 Å². The predicted molar refractivity (Wildman–Crippen MR) is 102 cm³/mol. The van der Waals surface area contributed by atoms with Gasteiger partial charge in [-0.3, -0.25) is 14.9 Å². The van der Waals surface area contributed by atoms with Crippen molar-refractivity contribution in [1.82, 2.24) is 0 Å². The topological polar surface area (TPSA) is 108 Å². The summed E-state index contributed by atoms with van der Waals surface area (Å²) in [6.45, 7) is 3.49. The smallest absolute Gasteiger partial charge is 0.341 e. The average Bonchev–Trinajstić information content (AvgIpc) is 3.03. The number of hydrogen-bond acceptors (Lipinski definition) is 7. The largest absolute Gasteiger partial charge is 0.482 e. The zero-order valence-corrected chi connectivity index (χ0v) is 16.2. The van der Waals surface area contributed by atoms with Crippen molar-refractivity contribution in [3.63, 3.8) is 0 Å². The number of nitro benzene ring substituents is 1. The molecule has 0 unspecified atom stereocenters. The lowest BCUT2D eigenvalue weighted by atomic mass is 10.2. The van der Waals surface area contributed by atoms with Gasteiger partial charge in [-0.05, 0) is 25.5 Å². The Labute approximate surface area is 164 Å². The molecule has 144 valence electrons. The number of carbonyl (C=O) groups excluding carboxylic acids is 2. The van der Waals surface area contributed by atoms with Crippen LogP contribution in [0.3, 0.4) is 0 Å². The lowest BCUT2D eigenvalue weighted by molar-refractivity contribution is -0.384. The number of non-ortho nitro benzene ring substituents is 1. The normalized spacial score (nSPS) is 10.3. The summed E-state index contributed by atoms with van der Waals surface area (Å²) in [4.78, 5) is 35.2. The van der Waals surface area contributed by atoms with Crippen LogP contribution in [0.1, 0.15) is 29.1 Å². The summed E-state index contributed by atoms with van der Waals surface area (Å²) in [5.41, 5.74) is 0.113. The van der Waals surface area contributed by atoms with Crippen molar-refractivity contribution in [2.75, 3.05) is 18.5 Å². The van der Waals surface area contributed by atoms with Gasteiger partial charge in [0.1, 0.15) is 10.8 Å². The number of carbonyl (C=O) groups is 2. The minimum atomic E-state index is -0.582. The van der Waals surface area contributed by atoms with E-state index in [-0.39, 0.29) is 29.7 Å². The van der Waals surface area contributed by atoms with E-state index < -0.39 is 16.8 Å². The van der Waals surface area contributed by atoms with E-state index in [1.54, 1.807) is 13.0 Å². The number of ether oxygens (including phenoxy) is 2. The van der Waals surface area contributed by atoms with Gasteiger partial charge in [0.2, 0.25) is 0 Å². The molecule has 0 radical (unpaired) electrons. The Morgan fingerprint density at radius 1 is 1.30 bits per heavy atom.